The first-order valence-corrected chi connectivity index (χ1v) is 8.13. The highest BCUT2D eigenvalue weighted by molar-refractivity contribution is 7.99. The van der Waals surface area contributed by atoms with E-state index in [2.05, 4.69) is 10.2 Å². The van der Waals surface area contributed by atoms with Crippen LogP contribution < -0.4 is 5.32 Å². The van der Waals surface area contributed by atoms with Crippen molar-refractivity contribution in [3.63, 3.8) is 0 Å². The Morgan fingerprint density at radius 3 is 2.88 bits per heavy atom. The van der Waals surface area contributed by atoms with Crippen molar-refractivity contribution in [2.75, 3.05) is 24.6 Å². The van der Waals surface area contributed by atoms with Gasteiger partial charge >= 0.3 is 0 Å². The fourth-order valence-electron chi connectivity index (χ4n) is 3.49. The lowest BCUT2D eigenvalue weighted by Gasteiger charge is -2.31. The van der Waals surface area contributed by atoms with Crippen molar-refractivity contribution < 1.29 is 4.79 Å². The number of carbonyl (C=O) groups is 1. The van der Waals surface area contributed by atoms with Gasteiger partial charge in [-0.2, -0.15) is 11.8 Å². The Kier molecular flexibility index (Phi) is 3.61. The monoisotopic (exact) mass is 254 g/mol. The average Bonchev–Trinajstić information content (AvgIpc) is 3.09. The van der Waals surface area contributed by atoms with Crippen LogP contribution in [-0.4, -0.2) is 47.5 Å². The van der Waals surface area contributed by atoms with E-state index in [0.29, 0.717) is 23.9 Å². The molecule has 3 fully saturated rings. The van der Waals surface area contributed by atoms with Crippen molar-refractivity contribution in [2.24, 2.45) is 5.92 Å². The highest BCUT2D eigenvalue weighted by Crippen LogP contribution is 2.30. The Bertz CT molecular complexity index is 285. The van der Waals surface area contributed by atoms with Crippen molar-refractivity contribution >= 4 is 17.7 Å². The second-order valence-electron chi connectivity index (χ2n) is 5.50. The first-order chi connectivity index (χ1) is 8.36. The molecule has 0 spiro atoms. The van der Waals surface area contributed by atoms with E-state index in [4.69, 9.17) is 0 Å². The van der Waals surface area contributed by atoms with Crippen molar-refractivity contribution in [3.8, 4) is 0 Å². The molecule has 0 saturated carbocycles. The van der Waals surface area contributed by atoms with Crippen LogP contribution in [0.5, 0.6) is 0 Å². The molecular formula is C13H22N2OS. The molecule has 3 aliphatic heterocycles. The number of nitrogens with zero attached hydrogens (tertiary/aromatic N) is 1. The van der Waals surface area contributed by atoms with Gasteiger partial charge in [-0.1, -0.05) is 0 Å². The van der Waals surface area contributed by atoms with Crippen molar-refractivity contribution in [1.29, 1.82) is 0 Å². The van der Waals surface area contributed by atoms with Crippen molar-refractivity contribution in [1.82, 2.24) is 10.2 Å². The summed E-state index contributed by atoms with van der Waals surface area (Å²) in [5.41, 5.74) is 0. The summed E-state index contributed by atoms with van der Waals surface area (Å²) in [6.45, 7) is 2.14. The molecule has 3 aliphatic rings. The number of hydrogen-bond donors (Lipinski definition) is 1. The third kappa shape index (κ3) is 2.34. The summed E-state index contributed by atoms with van der Waals surface area (Å²) in [6.07, 6.45) is 6.05. The highest BCUT2D eigenvalue weighted by atomic mass is 32.2. The lowest BCUT2D eigenvalue weighted by Crippen LogP contribution is -2.48. The molecule has 17 heavy (non-hydrogen) atoms. The Hall–Kier alpha value is -0.220. The molecule has 3 nitrogen and oxygen atoms in total. The molecule has 3 rings (SSSR count). The minimum absolute atomic E-state index is 0.321. The van der Waals surface area contributed by atoms with Gasteiger partial charge in [0.1, 0.15) is 0 Å². The van der Waals surface area contributed by atoms with E-state index in [-0.39, 0.29) is 0 Å². The quantitative estimate of drug-likeness (QED) is 0.810. The molecule has 3 heterocycles. The van der Waals surface area contributed by atoms with Crippen molar-refractivity contribution in [3.05, 3.63) is 0 Å². The Balaban J connectivity index is 1.65. The van der Waals surface area contributed by atoms with Gasteiger partial charge in [0.25, 0.3) is 0 Å². The summed E-state index contributed by atoms with van der Waals surface area (Å²) in [4.78, 5) is 14.7. The number of hydrogen-bond acceptors (Lipinski definition) is 3. The average molecular weight is 254 g/mol. The summed E-state index contributed by atoms with van der Waals surface area (Å²) < 4.78 is 0. The van der Waals surface area contributed by atoms with Gasteiger partial charge in [0.15, 0.2) is 0 Å². The smallest absolute Gasteiger partial charge is 0.226 e. The Morgan fingerprint density at radius 2 is 2.18 bits per heavy atom. The van der Waals surface area contributed by atoms with Gasteiger partial charge in [0.2, 0.25) is 5.91 Å². The van der Waals surface area contributed by atoms with Crippen LogP contribution in [0.3, 0.4) is 0 Å². The lowest BCUT2D eigenvalue weighted by molar-refractivity contribution is -0.136. The van der Waals surface area contributed by atoms with Gasteiger partial charge in [-0.3, -0.25) is 4.79 Å². The molecule has 3 saturated heterocycles. The first-order valence-electron chi connectivity index (χ1n) is 6.98. The minimum Gasteiger partial charge on any atom is -0.338 e. The van der Waals surface area contributed by atoms with Crippen LogP contribution in [0, 0.1) is 5.92 Å². The van der Waals surface area contributed by atoms with Crippen LogP contribution in [0.25, 0.3) is 0 Å². The zero-order valence-corrected chi connectivity index (χ0v) is 11.2. The molecule has 0 aromatic heterocycles. The van der Waals surface area contributed by atoms with Crippen LogP contribution in [0.4, 0.5) is 0 Å². The Labute approximate surface area is 108 Å². The number of nitrogens with one attached hydrogen (secondary N) is 1. The third-order valence-electron chi connectivity index (χ3n) is 4.42. The summed E-state index contributed by atoms with van der Waals surface area (Å²) >= 11 is 1.94. The highest BCUT2D eigenvalue weighted by Gasteiger charge is 2.38. The maximum atomic E-state index is 12.5. The van der Waals surface area contributed by atoms with Gasteiger partial charge in [-0.25, -0.2) is 0 Å². The molecule has 3 unspecified atom stereocenters. The predicted octanol–water partition coefficient (Wildman–Crippen LogP) is 1.48. The predicted molar refractivity (Wildman–Crippen MR) is 71.2 cm³/mol. The van der Waals surface area contributed by atoms with E-state index in [1.165, 1.54) is 31.4 Å². The molecular weight excluding hydrogens is 232 g/mol. The van der Waals surface area contributed by atoms with Crippen LogP contribution in [-0.2, 0) is 4.79 Å². The zero-order valence-electron chi connectivity index (χ0n) is 10.4. The van der Waals surface area contributed by atoms with E-state index in [1.54, 1.807) is 0 Å². The topological polar surface area (TPSA) is 32.3 Å². The summed E-state index contributed by atoms with van der Waals surface area (Å²) in [7, 11) is 0. The number of thioether (sulfide) groups is 1. The van der Waals surface area contributed by atoms with Gasteiger partial charge < -0.3 is 10.2 Å². The molecule has 4 heteroatoms. The van der Waals surface area contributed by atoms with Gasteiger partial charge in [-0.15, -0.1) is 0 Å². The Morgan fingerprint density at radius 1 is 1.24 bits per heavy atom. The minimum atomic E-state index is 0.321. The third-order valence-corrected chi connectivity index (χ3v) is 5.59. The van der Waals surface area contributed by atoms with Gasteiger partial charge in [0.05, 0.1) is 0 Å². The first kappa shape index (κ1) is 11.8. The van der Waals surface area contributed by atoms with Crippen LogP contribution in [0.1, 0.15) is 32.1 Å². The standard InChI is InChI=1S/C13H22N2OS/c16-13(10-5-8-17-9-10)15-7-2-4-12(15)11-3-1-6-14-11/h10-12,14H,1-9H2. The SMILES string of the molecule is O=C(C1CCSC1)N1CCCC1C1CCCN1. The van der Waals surface area contributed by atoms with E-state index in [9.17, 15) is 4.79 Å². The van der Waals surface area contributed by atoms with Crippen LogP contribution in [0.2, 0.25) is 0 Å². The lowest BCUT2D eigenvalue weighted by atomic mass is 10.0. The number of amides is 1. The second kappa shape index (κ2) is 5.19. The fourth-order valence-corrected chi connectivity index (χ4v) is 4.70. The molecule has 0 radical (unpaired) electrons. The van der Waals surface area contributed by atoms with Crippen LogP contribution in [0.15, 0.2) is 0 Å². The fraction of sp³-hybridized carbons (Fsp3) is 0.923. The van der Waals surface area contributed by atoms with E-state index in [1.807, 2.05) is 11.8 Å². The second-order valence-corrected chi connectivity index (χ2v) is 6.65. The van der Waals surface area contributed by atoms with E-state index < -0.39 is 0 Å². The summed E-state index contributed by atoms with van der Waals surface area (Å²) in [5.74, 6) is 3.00. The maximum Gasteiger partial charge on any atom is 0.226 e. The molecule has 0 aromatic carbocycles. The molecule has 96 valence electrons. The molecule has 0 aromatic rings. The van der Waals surface area contributed by atoms with Gasteiger partial charge in [-0.05, 0) is 44.4 Å². The molecule has 0 aliphatic carbocycles. The van der Waals surface area contributed by atoms with Crippen LogP contribution >= 0.6 is 11.8 Å². The molecule has 3 atom stereocenters. The molecule has 1 amide bonds. The largest absolute Gasteiger partial charge is 0.338 e. The molecule has 0 bridgehead atoms. The van der Waals surface area contributed by atoms with Crippen molar-refractivity contribution in [2.45, 2.75) is 44.2 Å². The summed E-state index contributed by atoms with van der Waals surface area (Å²) in [6, 6.07) is 1.08. The van der Waals surface area contributed by atoms with Gasteiger partial charge in [0, 0.05) is 30.3 Å². The summed E-state index contributed by atoms with van der Waals surface area (Å²) in [5, 5.41) is 3.57. The molecule has 1 N–H and O–H groups in total. The number of rotatable bonds is 2. The normalized spacial score (nSPS) is 37.9. The zero-order chi connectivity index (χ0) is 11.7. The number of likely N-dealkylation sites (tertiary alicyclic amines) is 1. The van der Waals surface area contributed by atoms with E-state index in [0.717, 1.165) is 25.3 Å². The number of carbonyl (C=O) groups excluding carboxylic acids is 1. The van der Waals surface area contributed by atoms with E-state index >= 15 is 0 Å². The maximum absolute atomic E-state index is 12.5.